The number of nitrogens with one attached hydrogen (secondary N) is 1. The first-order chi connectivity index (χ1) is 17.9. The number of nitrogens with zero attached hydrogens (tertiary/aromatic N) is 3. The maximum Gasteiger partial charge on any atom is 0.391 e. The molecule has 2 N–H and O–H groups in total. The molecule has 7 nitrogen and oxygen atoms in total. The number of anilines is 1. The third-order valence-electron chi connectivity index (χ3n) is 5.23. The molecule has 2 atom stereocenters. The molecule has 1 saturated carbocycles. The van der Waals surface area contributed by atoms with Crippen molar-refractivity contribution in [3.8, 4) is 5.88 Å². The van der Waals surface area contributed by atoms with E-state index in [1.807, 2.05) is 25.3 Å². The quantitative estimate of drug-likeness (QED) is 0.326. The number of Topliss-reactive ketones (excluding diaryl/α,β-unsaturated/α-hetero) is 1. The van der Waals surface area contributed by atoms with Crippen LogP contribution in [-0.2, 0) is 4.79 Å². The van der Waals surface area contributed by atoms with Gasteiger partial charge in [-0.2, -0.15) is 24.9 Å². The van der Waals surface area contributed by atoms with Crippen molar-refractivity contribution in [3.05, 3.63) is 30.6 Å². The number of alkyl halides is 3. The number of carbonyl (C=O) groups excluding carboxylic acids is 1. The van der Waals surface area contributed by atoms with E-state index in [0.29, 0.717) is 16.8 Å². The van der Waals surface area contributed by atoms with Crippen molar-refractivity contribution < 1.29 is 27.8 Å². The number of allylic oxidation sites excluding steroid dienone is 1. The van der Waals surface area contributed by atoms with Gasteiger partial charge in [0.25, 0.3) is 0 Å². The molecule has 0 amide bonds. The summed E-state index contributed by atoms with van der Waals surface area (Å²) in [7, 11) is 0. The van der Waals surface area contributed by atoms with Gasteiger partial charge < -0.3 is 20.0 Å². The summed E-state index contributed by atoms with van der Waals surface area (Å²) in [6.07, 6.45) is 10.5. The first-order valence-electron chi connectivity index (χ1n) is 12.8. The van der Waals surface area contributed by atoms with Crippen molar-refractivity contribution in [2.45, 2.75) is 97.1 Å². The molecule has 2 aromatic heterocycles. The first-order valence-corrected chi connectivity index (χ1v) is 14.2. The molecule has 0 saturated heterocycles. The lowest BCUT2D eigenvalue weighted by Crippen LogP contribution is -2.24. The maximum atomic E-state index is 12.5. The summed E-state index contributed by atoms with van der Waals surface area (Å²) < 4.78 is 43.5. The topological polar surface area (TPSA) is 97.2 Å². The Kier molecular flexibility index (Phi) is 15.9. The van der Waals surface area contributed by atoms with Crippen LogP contribution in [0.15, 0.2) is 30.6 Å². The third kappa shape index (κ3) is 15.1. The molecule has 3 rings (SSSR count). The number of pyridine rings is 1. The van der Waals surface area contributed by atoms with E-state index in [2.05, 4.69) is 20.3 Å². The van der Waals surface area contributed by atoms with Crippen LogP contribution in [0.3, 0.4) is 0 Å². The van der Waals surface area contributed by atoms with Crippen molar-refractivity contribution in [2.24, 2.45) is 0 Å². The van der Waals surface area contributed by atoms with Crippen LogP contribution in [0, 0.1) is 0 Å². The zero-order valence-corrected chi connectivity index (χ0v) is 23.7. The summed E-state index contributed by atoms with van der Waals surface area (Å²) in [5.41, 5.74) is 0.561. The number of hydrogen-bond donors (Lipinski definition) is 2. The summed E-state index contributed by atoms with van der Waals surface area (Å²) in [5.74, 6) is 1.54. The van der Waals surface area contributed by atoms with Crippen LogP contribution < -0.4 is 10.1 Å². The molecule has 38 heavy (non-hydrogen) atoms. The number of fused-ring (bicyclic) bond motifs is 1. The van der Waals surface area contributed by atoms with Gasteiger partial charge in [-0.25, -0.2) is 15.0 Å². The van der Waals surface area contributed by atoms with Gasteiger partial charge in [-0.15, -0.1) is 0 Å². The van der Waals surface area contributed by atoms with Gasteiger partial charge in [0.1, 0.15) is 11.9 Å². The zero-order chi connectivity index (χ0) is 28.6. The summed E-state index contributed by atoms with van der Waals surface area (Å²) in [5, 5.41) is 12.2. The Labute approximate surface area is 228 Å². The summed E-state index contributed by atoms with van der Waals surface area (Å²) in [4.78, 5) is 22.1. The molecule has 1 aliphatic rings. The molecule has 11 heteroatoms. The minimum absolute atomic E-state index is 0.0359. The number of carbonyl (C=O) groups is 1. The molecule has 2 heterocycles. The lowest BCUT2D eigenvalue weighted by atomic mass is 9.98. The van der Waals surface area contributed by atoms with Crippen molar-refractivity contribution in [2.75, 3.05) is 17.3 Å². The van der Waals surface area contributed by atoms with E-state index in [9.17, 15) is 18.0 Å². The second-order valence-corrected chi connectivity index (χ2v) is 10.2. The number of ether oxygens (including phenoxy) is 1. The predicted octanol–water partition coefficient (Wildman–Crippen LogP) is 6.76. The summed E-state index contributed by atoms with van der Waals surface area (Å²) >= 11 is 1.68. The zero-order valence-electron chi connectivity index (χ0n) is 22.9. The molecule has 0 radical (unpaired) electrons. The number of aliphatic hydroxyl groups is 1. The second kappa shape index (κ2) is 18.0. The van der Waals surface area contributed by atoms with Gasteiger partial charge in [-0.05, 0) is 52.9 Å². The number of thioether (sulfide) groups is 1. The Balaban J connectivity index is 0.000000543. The Morgan fingerprint density at radius 3 is 2.45 bits per heavy atom. The van der Waals surface area contributed by atoms with E-state index in [1.165, 1.54) is 46.2 Å². The molecular weight excluding hydrogens is 517 g/mol. The highest BCUT2D eigenvalue weighted by Gasteiger charge is 2.30. The van der Waals surface area contributed by atoms with Crippen molar-refractivity contribution in [3.63, 3.8) is 0 Å². The Bertz CT molecular complexity index is 982. The van der Waals surface area contributed by atoms with E-state index in [-0.39, 0.29) is 23.9 Å². The van der Waals surface area contributed by atoms with Crippen molar-refractivity contribution in [1.82, 2.24) is 15.0 Å². The van der Waals surface area contributed by atoms with Crippen LogP contribution in [-0.4, -0.2) is 62.3 Å². The van der Waals surface area contributed by atoms with Crippen LogP contribution in [0.4, 0.5) is 19.1 Å². The SMILES string of the molecule is C/C=C\CC(CSC)Oc1nccc2nc(NC(C)CC(F)(F)F)ncc12.CC(C)=O.OC1CCCCC1. The van der Waals surface area contributed by atoms with Gasteiger partial charge in [0.05, 0.1) is 23.4 Å². The van der Waals surface area contributed by atoms with E-state index in [1.54, 1.807) is 24.0 Å². The third-order valence-corrected chi connectivity index (χ3v) is 5.93. The summed E-state index contributed by atoms with van der Waals surface area (Å²) in [6.45, 7) is 6.45. The fourth-order valence-corrected chi connectivity index (χ4v) is 4.15. The molecule has 214 valence electrons. The molecule has 0 spiro atoms. The van der Waals surface area contributed by atoms with E-state index in [0.717, 1.165) is 25.0 Å². The molecule has 0 aliphatic heterocycles. The number of hydrogen-bond acceptors (Lipinski definition) is 8. The predicted molar refractivity (Wildman–Crippen MR) is 149 cm³/mol. The van der Waals surface area contributed by atoms with Gasteiger partial charge >= 0.3 is 6.18 Å². The van der Waals surface area contributed by atoms with Crippen molar-refractivity contribution >= 4 is 34.4 Å². The Morgan fingerprint density at radius 1 is 1.26 bits per heavy atom. The lowest BCUT2D eigenvalue weighted by Gasteiger charge is -2.18. The van der Waals surface area contributed by atoms with E-state index < -0.39 is 18.6 Å². The average molecular weight is 559 g/mol. The van der Waals surface area contributed by atoms with Gasteiger partial charge in [-0.3, -0.25) is 0 Å². The van der Waals surface area contributed by atoms with Crippen LogP contribution in [0.25, 0.3) is 10.9 Å². The smallest absolute Gasteiger partial charge is 0.391 e. The van der Waals surface area contributed by atoms with E-state index in [4.69, 9.17) is 9.84 Å². The Morgan fingerprint density at radius 2 is 1.92 bits per heavy atom. The van der Waals surface area contributed by atoms with Crippen LogP contribution in [0.5, 0.6) is 5.88 Å². The number of aliphatic hydroxyl groups excluding tert-OH is 1. The first kappa shape index (κ1) is 33.6. The molecule has 0 bridgehead atoms. The fourth-order valence-electron chi connectivity index (χ4n) is 3.58. The molecule has 2 unspecified atom stereocenters. The number of aromatic nitrogens is 3. The normalized spacial score (nSPS) is 15.6. The van der Waals surface area contributed by atoms with Gasteiger partial charge in [0.15, 0.2) is 0 Å². The fraction of sp³-hybridized carbons (Fsp3) is 0.630. The highest BCUT2D eigenvalue weighted by molar-refractivity contribution is 7.98. The highest BCUT2D eigenvalue weighted by Crippen LogP contribution is 2.26. The lowest BCUT2D eigenvalue weighted by molar-refractivity contribution is -0.136. The molecule has 0 aromatic carbocycles. The Hall–Kier alpha value is -2.40. The highest BCUT2D eigenvalue weighted by atomic mass is 32.2. The minimum atomic E-state index is -4.24. The van der Waals surface area contributed by atoms with Crippen LogP contribution in [0.1, 0.15) is 72.6 Å². The van der Waals surface area contributed by atoms with Gasteiger partial charge in [0, 0.05) is 30.6 Å². The van der Waals surface area contributed by atoms with Gasteiger partial charge in [0.2, 0.25) is 11.8 Å². The number of ketones is 1. The largest absolute Gasteiger partial charge is 0.473 e. The van der Waals surface area contributed by atoms with Crippen molar-refractivity contribution in [1.29, 1.82) is 0 Å². The molecule has 1 fully saturated rings. The van der Waals surface area contributed by atoms with Crippen LogP contribution in [0.2, 0.25) is 0 Å². The molecule has 2 aromatic rings. The molecule has 1 aliphatic carbocycles. The maximum absolute atomic E-state index is 12.5. The number of halogens is 3. The standard InChI is InChI=1S/C18H23F3N4OS.C6H12O.C3H6O/c1-4-5-6-13(11-27-3)26-16-14-10-23-17(25-15(14)7-8-22-16)24-12(2)9-18(19,20)21;7-6-4-2-1-3-5-6;1-3(2)4/h4-5,7-8,10,12-13H,6,9,11H2,1-3H3,(H,23,24,25);6-7H,1-5H2;1-2H3/b5-4-;;. The monoisotopic (exact) mass is 558 g/mol. The van der Waals surface area contributed by atoms with Gasteiger partial charge in [-0.1, -0.05) is 31.4 Å². The van der Waals surface area contributed by atoms with Crippen LogP contribution >= 0.6 is 11.8 Å². The minimum Gasteiger partial charge on any atom is -0.473 e. The number of rotatable bonds is 9. The van der Waals surface area contributed by atoms with E-state index >= 15 is 0 Å². The average Bonchev–Trinajstić information content (AvgIpc) is 2.82. The molecular formula is C27H41F3N4O3S. The summed E-state index contributed by atoms with van der Waals surface area (Å²) in [6, 6.07) is 0.853. The second-order valence-electron chi connectivity index (χ2n) is 9.31.